The maximum atomic E-state index is 12.3. The summed E-state index contributed by atoms with van der Waals surface area (Å²) in [4.78, 5) is 12.3. The molecule has 0 aliphatic heterocycles. The standard InChI is InChI=1S/C18H24N2O/c1-3-18(2)12-8-7-11-16(18)20-17(21)15(19)13-14-9-5-4-6-10-14/h4-12,15-16H,3,13,19H2,1-2H3,(H,20,21). The maximum Gasteiger partial charge on any atom is 0.237 e. The largest absolute Gasteiger partial charge is 0.348 e. The molecule has 112 valence electrons. The highest BCUT2D eigenvalue weighted by Crippen LogP contribution is 2.31. The predicted molar refractivity (Wildman–Crippen MR) is 86.7 cm³/mol. The van der Waals surface area contributed by atoms with Gasteiger partial charge in [0.2, 0.25) is 5.91 Å². The fraction of sp³-hybridized carbons (Fsp3) is 0.389. The van der Waals surface area contributed by atoms with Gasteiger partial charge in [0.1, 0.15) is 0 Å². The van der Waals surface area contributed by atoms with Crippen molar-refractivity contribution in [3.05, 3.63) is 60.2 Å². The fourth-order valence-corrected chi connectivity index (χ4v) is 2.55. The molecule has 1 aromatic rings. The van der Waals surface area contributed by atoms with Crippen LogP contribution in [0.15, 0.2) is 54.6 Å². The zero-order chi connectivity index (χ0) is 15.3. The number of carbonyl (C=O) groups is 1. The molecule has 0 radical (unpaired) electrons. The molecule has 0 bridgehead atoms. The lowest BCUT2D eigenvalue weighted by Crippen LogP contribution is -2.51. The number of rotatable bonds is 5. The van der Waals surface area contributed by atoms with E-state index >= 15 is 0 Å². The number of allylic oxidation sites excluding steroid dienone is 2. The van der Waals surface area contributed by atoms with Crippen molar-refractivity contribution in [2.75, 3.05) is 0 Å². The van der Waals surface area contributed by atoms with Crippen LogP contribution in [0.5, 0.6) is 0 Å². The van der Waals surface area contributed by atoms with Gasteiger partial charge in [-0.2, -0.15) is 0 Å². The molecule has 21 heavy (non-hydrogen) atoms. The number of hydrogen-bond donors (Lipinski definition) is 2. The Morgan fingerprint density at radius 3 is 2.71 bits per heavy atom. The normalized spacial score (nSPS) is 25.6. The second kappa shape index (κ2) is 6.72. The van der Waals surface area contributed by atoms with Gasteiger partial charge >= 0.3 is 0 Å². The number of hydrogen-bond acceptors (Lipinski definition) is 2. The van der Waals surface area contributed by atoms with E-state index < -0.39 is 6.04 Å². The van der Waals surface area contributed by atoms with E-state index in [1.807, 2.05) is 48.6 Å². The molecule has 0 spiro atoms. The highest BCUT2D eigenvalue weighted by atomic mass is 16.2. The third kappa shape index (κ3) is 3.82. The summed E-state index contributed by atoms with van der Waals surface area (Å²) in [6.45, 7) is 4.28. The van der Waals surface area contributed by atoms with Crippen LogP contribution in [0.4, 0.5) is 0 Å². The van der Waals surface area contributed by atoms with Gasteiger partial charge in [-0.15, -0.1) is 0 Å². The minimum absolute atomic E-state index is 0.00169. The van der Waals surface area contributed by atoms with Crippen LogP contribution in [0.25, 0.3) is 0 Å². The monoisotopic (exact) mass is 284 g/mol. The number of nitrogens with one attached hydrogen (secondary N) is 1. The van der Waals surface area contributed by atoms with Crippen molar-refractivity contribution in [3.63, 3.8) is 0 Å². The first-order chi connectivity index (χ1) is 10.0. The average molecular weight is 284 g/mol. The lowest BCUT2D eigenvalue weighted by molar-refractivity contribution is -0.123. The van der Waals surface area contributed by atoms with Crippen LogP contribution in [0.1, 0.15) is 25.8 Å². The smallest absolute Gasteiger partial charge is 0.237 e. The Bertz CT molecular complexity index is 535. The zero-order valence-corrected chi connectivity index (χ0v) is 12.8. The second-order valence-corrected chi connectivity index (χ2v) is 5.89. The predicted octanol–water partition coefficient (Wildman–Crippen LogP) is 2.58. The number of benzene rings is 1. The molecule has 1 aliphatic rings. The molecule has 1 aliphatic carbocycles. The van der Waals surface area contributed by atoms with Gasteiger partial charge in [0.15, 0.2) is 0 Å². The van der Waals surface area contributed by atoms with E-state index in [0.717, 1.165) is 12.0 Å². The van der Waals surface area contributed by atoms with Gasteiger partial charge < -0.3 is 11.1 Å². The van der Waals surface area contributed by atoms with Crippen molar-refractivity contribution in [1.82, 2.24) is 5.32 Å². The Morgan fingerprint density at radius 1 is 1.33 bits per heavy atom. The van der Waals surface area contributed by atoms with E-state index in [1.165, 1.54) is 0 Å². The molecule has 0 aromatic heterocycles. The van der Waals surface area contributed by atoms with E-state index in [1.54, 1.807) is 0 Å². The van der Waals surface area contributed by atoms with Gasteiger partial charge in [-0.1, -0.05) is 68.5 Å². The van der Waals surface area contributed by atoms with E-state index in [0.29, 0.717) is 6.42 Å². The van der Waals surface area contributed by atoms with Crippen LogP contribution in [0.3, 0.4) is 0 Å². The molecule has 2 rings (SSSR count). The molecular weight excluding hydrogens is 260 g/mol. The Morgan fingerprint density at radius 2 is 2.05 bits per heavy atom. The summed E-state index contributed by atoms with van der Waals surface area (Å²) in [5.74, 6) is -0.0940. The highest BCUT2D eigenvalue weighted by Gasteiger charge is 2.31. The minimum Gasteiger partial charge on any atom is -0.348 e. The fourth-order valence-electron chi connectivity index (χ4n) is 2.55. The highest BCUT2D eigenvalue weighted by molar-refractivity contribution is 5.82. The van der Waals surface area contributed by atoms with Gasteiger partial charge in [0.25, 0.3) is 0 Å². The first-order valence-electron chi connectivity index (χ1n) is 7.51. The molecule has 3 nitrogen and oxygen atoms in total. The van der Waals surface area contributed by atoms with Crippen LogP contribution in [-0.2, 0) is 11.2 Å². The maximum absolute atomic E-state index is 12.3. The van der Waals surface area contributed by atoms with E-state index in [9.17, 15) is 4.79 Å². The van der Waals surface area contributed by atoms with Crippen molar-refractivity contribution in [2.24, 2.45) is 11.1 Å². The van der Waals surface area contributed by atoms with Crippen molar-refractivity contribution in [2.45, 2.75) is 38.8 Å². The van der Waals surface area contributed by atoms with Gasteiger partial charge in [0.05, 0.1) is 12.1 Å². The second-order valence-electron chi connectivity index (χ2n) is 5.89. The molecule has 0 saturated heterocycles. The van der Waals surface area contributed by atoms with Crippen LogP contribution in [0, 0.1) is 5.41 Å². The van der Waals surface area contributed by atoms with Crippen molar-refractivity contribution in [3.8, 4) is 0 Å². The molecule has 1 aromatic carbocycles. The summed E-state index contributed by atoms with van der Waals surface area (Å²) in [6.07, 6.45) is 9.73. The summed E-state index contributed by atoms with van der Waals surface area (Å²) in [7, 11) is 0. The molecule has 1 amide bonds. The molecular formula is C18H24N2O. The Labute approximate surface area is 126 Å². The third-order valence-electron chi connectivity index (χ3n) is 4.30. The topological polar surface area (TPSA) is 55.1 Å². The molecule has 0 fully saturated rings. The van der Waals surface area contributed by atoms with Gasteiger partial charge in [-0.3, -0.25) is 4.79 Å². The molecule has 3 heteroatoms. The lowest BCUT2D eigenvalue weighted by Gasteiger charge is -2.35. The zero-order valence-electron chi connectivity index (χ0n) is 12.8. The lowest BCUT2D eigenvalue weighted by atomic mass is 9.77. The quantitative estimate of drug-likeness (QED) is 0.873. The molecule has 0 heterocycles. The number of nitrogens with two attached hydrogens (primary N) is 1. The minimum atomic E-state index is -0.521. The first-order valence-corrected chi connectivity index (χ1v) is 7.51. The van der Waals surface area contributed by atoms with Crippen molar-refractivity contribution < 1.29 is 4.79 Å². The Kier molecular flexibility index (Phi) is 4.97. The summed E-state index contributed by atoms with van der Waals surface area (Å²) in [6, 6.07) is 9.35. The van der Waals surface area contributed by atoms with Crippen LogP contribution >= 0.6 is 0 Å². The van der Waals surface area contributed by atoms with E-state index in [-0.39, 0.29) is 17.4 Å². The summed E-state index contributed by atoms with van der Waals surface area (Å²) in [5, 5.41) is 3.08. The Hall–Kier alpha value is -1.87. The molecule has 3 atom stereocenters. The third-order valence-corrected chi connectivity index (χ3v) is 4.30. The SMILES string of the molecule is CCC1(C)C=CC=CC1NC(=O)C(N)Cc1ccccc1. The molecule has 3 N–H and O–H groups in total. The summed E-state index contributed by atoms with van der Waals surface area (Å²) >= 11 is 0. The average Bonchev–Trinajstić information content (AvgIpc) is 2.50. The summed E-state index contributed by atoms with van der Waals surface area (Å²) in [5.41, 5.74) is 7.08. The van der Waals surface area contributed by atoms with Crippen LogP contribution in [0.2, 0.25) is 0 Å². The van der Waals surface area contributed by atoms with Crippen LogP contribution in [-0.4, -0.2) is 18.0 Å². The van der Waals surface area contributed by atoms with E-state index in [4.69, 9.17) is 5.73 Å². The summed E-state index contributed by atoms with van der Waals surface area (Å²) < 4.78 is 0. The molecule has 3 unspecified atom stereocenters. The van der Waals surface area contributed by atoms with Gasteiger partial charge in [-0.05, 0) is 18.4 Å². The number of carbonyl (C=O) groups excluding carboxylic acids is 1. The van der Waals surface area contributed by atoms with E-state index in [2.05, 4.69) is 25.2 Å². The first kappa shape index (κ1) is 15.5. The van der Waals surface area contributed by atoms with Crippen molar-refractivity contribution in [1.29, 1.82) is 0 Å². The molecule has 0 saturated carbocycles. The van der Waals surface area contributed by atoms with Crippen LogP contribution < -0.4 is 11.1 Å². The number of amides is 1. The van der Waals surface area contributed by atoms with Crippen molar-refractivity contribution >= 4 is 5.91 Å². The van der Waals surface area contributed by atoms with Gasteiger partial charge in [-0.25, -0.2) is 0 Å². The van der Waals surface area contributed by atoms with Gasteiger partial charge in [0, 0.05) is 5.41 Å². The Balaban J connectivity index is 1.97.